The second kappa shape index (κ2) is 10.5. The molecule has 0 bridgehead atoms. The molecular weight excluding hydrogens is 532 g/mol. The Hall–Kier alpha value is -3.39. The van der Waals surface area contributed by atoms with E-state index in [4.69, 9.17) is 14.5 Å². The number of nitrogens with one attached hydrogen (secondary N) is 1. The van der Waals surface area contributed by atoms with Crippen molar-refractivity contribution in [2.45, 2.75) is 51.7 Å². The van der Waals surface area contributed by atoms with Gasteiger partial charge in [-0.3, -0.25) is 0 Å². The zero-order valence-electron chi connectivity index (χ0n) is 21.3. The molecule has 4 aromatic rings. The highest BCUT2D eigenvalue weighted by Crippen LogP contribution is 2.33. The summed E-state index contributed by atoms with van der Waals surface area (Å²) in [5.74, 6) is 1.88. The number of fused-ring (bicyclic) bond motifs is 1. The topological polar surface area (TPSA) is 80.3 Å². The number of piperidine rings is 1. The number of nitrogens with zero attached hydrogens (tertiary/aromatic N) is 3. The number of aromatic nitrogens is 3. The van der Waals surface area contributed by atoms with E-state index in [1.807, 2.05) is 75.5 Å². The fourth-order valence-corrected chi connectivity index (χ4v) is 4.99. The summed E-state index contributed by atoms with van der Waals surface area (Å²) in [4.78, 5) is 26.9. The van der Waals surface area contributed by atoms with Crippen LogP contribution in [0.3, 0.4) is 0 Å². The first kappa shape index (κ1) is 25.3. The van der Waals surface area contributed by atoms with Crippen LogP contribution >= 0.6 is 15.9 Å². The summed E-state index contributed by atoms with van der Waals surface area (Å²) in [6.07, 6.45) is 3.44. The Morgan fingerprint density at radius 2 is 1.86 bits per heavy atom. The first-order valence-electron chi connectivity index (χ1n) is 12.6. The molecule has 2 aromatic heterocycles. The molecule has 8 heteroatoms. The zero-order chi connectivity index (χ0) is 26.0. The predicted octanol–water partition coefficient (Wildman–Crippen LogP) is 7.08. The monoisotopic (exact) mass is 562 g/mol. The van der Waals surface area contributed by atoms with Gasteiger partial charge in [0.15, 0.2) is 5.65 Å². The molecule has 0 aliphatic carbocycles. The van der Waals surface area contributed by atoms with E-state index in [1.165, 1.54) is 0 Å². The Morgan fingerprint density at radius 3 is 2.57 bits per heavy atom. The molecule has 3 heterocycles. The smallest absolute Gasteiger partial charge is 0.410 e. The van der Waals surface area contributed by atoms with Crippen LogP contribution < -0.4 is 4.74 Å². The van der Waals surface area contributed by atoms with Gasteiger partial charge in [0.1, 0.15) is 23.8 Å². The van der Waals surface area contributed by atoms with Crippen LogP contribution in [0.1, 0.15) is 50.7 Å². The van der Waals surface area contributed by atoms with Crippen molar-refractivity contribution in [2.75, 3.05) is 13.1 Å². The van der Waals surface area contributed by atoms with Crippen molar-refractivity contribution in [3.05, 3.63) is 76.4 Å². The lowest BCUT2D eigenvalue weighted by atomic mass is 9.90. The summed E-state index contributed by atoms with van der Waals surface area (Å²) in [6, 6.07) is 18.2. The van der Waals surface area contributed by atoms with Crippen molar-refractivity contribution in [2.24, 2.45) is 0 Å². The summed E-state index contributed by atoms with van der Waals surface area (Å²) in [7, 11) is 0. The van der Waals surface area contributed by atoms with E-state index < -0.39 is 5.60 Å². The quantitative estimate of drug-likeness (QED) is 0.281. The van der Waals surface area contributed by atoms with Crippen LogP contribution in [-0.2, 0) is 11.3 Å². The van der Waals surface area contributed by atoms with Crippen LogP contribution in [0.5, 0.6) is 5.75 Å². The Kier molecular flexibility index (Phi) is 7.20. The Morgan fingerprint density at radius 1 is 1.11 bits per heavy atom. The summed E-state index contributed by atoms with van der Waals surface area (Å²) < 4.78 is 12.4. The first-order chi connectivity index (χ1) is 17.7. The maximum absolute atomic E-state index is 12.4. The van der Waals surface area contributed by atoms with Gasteiger partial charge in [-0.1, -0.05) is 30.3 Å². The van der Waals surface area contributed by atoms with Crippen molar-refractivity contribution in [3.8, 4) is 17.1 Å². The maximum atomic E-state index is 12.4. The minimum absolute atomic E-state index is 0.236. The van der Waals surface area contributed by atoms with Gasteiger partial charge in [-0.25, -0.2) is 14.8 Å². The van der Waals surface area contributed by atoms with Crippen LogP contribution in [0.15, 0.2) is 65.3 Å². The van der Waals surface area contributed by atoms with E-state index in [9.17, 15) is 4.79 Å². The molecule has 1 aliphatic rings. The molecule has 5 rings (SSSR count). The number of imidazole rings is 1. The minimum atomic E-state index is -0.480. The zero-order valence-corrected chi connectivity index (χ0v) is 22.9. The second-order valence-corrected chi connectivity index (χ2v) is 11.2. The molecule has 1 saturated heterocycles. The van der Waals surface area contributed by atoms with Crippen molar-refractivity contribution in [1.82, 2.24) is 19.9 Å². The highest BCUT2D eigenvalue weighted by molar-refractivity contribution is 9.10. The summed E-state index contributed by atoms with van der Waals surface area (Å²) in [6.45, 7) is 7.54. The number of benzene rings is 2. The normalized spacial score (nSPS) is 14.6. The standard InChI is InChI=1S/C29H31BrN4O3/c1-29(2,3)37-28(35)34-13-11-20(12-14-34)22-16-24-27(31-17-22)33-26(32-24)21-9-10-25(23(30)15-21)36-18-19-7-5-4-6-8-19/h4-10,15-17,20H,11-14,18H2,1-3H3,(H,31,32,33). The molecule has 37 heavy (non-hydrogen) atoms. The molecule has 7 nitrogen and oxygen atoms in total. The SMILES string of the molecule is CC(C)(C)OC(=O)N1CCC(c2cnc3nc(-c4ccc(OCc5ccccc5)c(Br)c4)[nH]c3c2)CC1. The number of carbonyl (C=O) groups is 1. The summed E-state index contributed by atoms with van der Waals surface area (Å²) >= 11 is 3.64. The third kappa shape index (κ3) is 6.13. The van der Waals surface area contributed by atoms with Gasteiger partial charge in [0.2, 0.25) is 0 Å². The molecule has 0 atom stereocenters. The molecule has 0 unspecified atom stereocenters. The lowest BCUT2D eigenvalue weighted by Gasteiger charge is -2.33. The Labute approximate surface area is 225 Å². The number of hydrogen-bond acceptors (Lipinski definition) is 5. The number of likely N-dealkylation sites (tertiary alicyclic amines) is 1. The number of halogens is 1. The number of pyridine rings is 1. The van der Waals surface area contributed by atoms with E-state index in [0.717, 1.165) is 51.1 Å². The lowest BCUT2D eigenvalue weighted by Crippen LogP contribution is -2.41. The van der Waals surface area contributed by atoms with Crippen molar-refractivity contribution in [1.29, 1.82) is 0 Å². The fourth-order valence-electron chi connectivity index (χ4n) is 4.50. The van der Waals surface area contributed by atoms with E-state index in [0.29, 0.717) is 31.3 Å². The summed E-state index contributed by atoms with van der Waals surface area (Å²) in [5.41, 5.74) is 4.34. The molecule has 1 N–H and O–H groups in total. The predicted molar refractivity (Wildman–Crippen MR) is 148 cm³/mol. The average molecular weight is 563 g/mol. The lowest BCUT2D eigenvalue weighted by molar-refractivity contribution is 0.0205. The number of aromatic amines is 1. The van der Waals surface area contributed by atoms with Gasteiger partial charge >= 0.3 is 6.09 Å². The molecule has 1 aliphatic heterocycles. The van der Waals surface area contributed by atoms with Crippen LogP contribution in [0.4, 0.5) is 4.79 Å². The van der Waals surface area contributed by atoms with Gasteiger partial charge < -0.3 is 19.4 Å². The number of hydrogen-bond donors (Lipinski definition) is 1. The van der Waals surface area contributed by atoms with Gasteiger partial charge in [0, 0.05) is 24.8 Å². The minimum Gasteiger partial charge on any atom is -0.488 e. The molecular formula is C29H31BrN4O3. The summed E-state index contributed by atoms with van der Waals surface area (Å²) in [5, 5.41) is 0. The number of amides is 1. The maximum Gasteiger partial charge on any atom is 0.410 e. The second-order valence-electron chi connectivity index (χ2n) is 10.4. The van der Waals surface area contributed by atoms with E-state index in [2.05, 4.69) is 32.0 Å². The van der Waals surface area contributed by atoms with Gasteiger partial charge in [-0.15, -0.1) is 0 Å². The van der Waals surface area contributed by atoms with Crippen LogP contribution in [0, 0.1) is 0 Å². The number of H-pyrrole nitrogens is 1. The highest BCUT2D eigenvalue weighted by atomic mass is 79.9. The van der Waals surface area contributed by atoms with Gasteiger partial charge in [0.25, 0.3) is 0 Å². The van der Waals surface area contributed by atoms with E-state index in [-0.39, 0.29) is 6.09 Å². The van der Waals surface area contributed by atoms with Crippen LogP contribution in [-0.4, -0.2) is 44.6 Å². The molecule has 0 spiro atoms. The number of carbonyl (C=O) groups excluding carboxylic acids is 1. The van der Waals surface area contributed by atoms with E-state index >= 15 is 0 Å². The molecule has 2 aromatic carbocycles. The molecule has 0 saturated carbocycles. The third-order valence-corrected chi connectivity index (χ3v) is 7.04. The van der Waals surface area contributed by atoms with Crippen molar-refractivity contribution < 1.29 is 14.3 Å². The fraction of sp³-hybridized carbons (Fsp3) is 0.345. The highest BCUT2D eigenvalue weighted by Gasteiger charge is 2.28. The third-order valence-electron chi connectivity index (χ3n) is 6.42. The average Bonchev–Trinajstić information content (AvgIpc) is 3.31. The van der Waals surface area contributed by atoms with Crippen molar-refractivity contribution in [3.63, 3.8) is 0 Å². The molecule has 1 fully saturated rings. The van der Waals surface area contributed by atoms with Crippen LogP contribution in [0.25, 0.3) is 22.6 Å². The molecule has 0 radical (unpaired) electrons. The largest absolute Gasteiger partial charge is 0.488 e. The Balaban J connectivity index is 1.25. The number of ether oxygens (including phenoxy) is 2. The van der Waals surface area contributed by atoms with Crippen molar-refractivity contribution >= 4 is 33.2 Å². The number of rotatable bonds is 5. The van der Waals surface area contributed by atoms with Gasteiger partial charge in [0.05, 0.1) is 9.99 Å². The van der Waals surface area contributed by atoms with Gasteiger partial charge in [-0.2, -0.15) is 0 Å². The van der Waals surface area contributed by atoms with Crippen LogP contribution in [0.2, 0.25) is 0 Å². The first-order valence-corrected chi connectivity index (χ1v) is 13.3. The van der Waals surface area contributed by atoms with Gasteiger partial charge in [-0.05, 0) is 90.9 Å². The van der Waals surface area contributed by atoms with E-state index in [1.54, 1.807) is 4.90 Å². The molecule has 1 amide bonds. The molecule has 192 valence electrons. The Bertz CT molecular complexity index is 1390.